The number of hydrogen-bond acceptors (Lipinski definition) is 5. The standard InChI is InChI=1S/C24H22N4O4/c1-15-5-3-8-19(11-15)27-21-20(22(29)28(24(27)31)18-9-10-18)26(14-25-21)13-16-6-4-7-17(12-16)23(30)32-2/h3-8,11-12,14,18H,9-10,13H2,1-2H3. The molecule has 0 saturated heterocycles. The van der Waals surface area contributed by atoms with Crippen molar-refractivity contribution in [1.82, 2.24) is 18.7 Å². The lowest BCUT2D eigenvalue weighted by atomic mass is 10.1. The highest BCUT2D eigenvalue weighted by molar-refractivity contribution is 5.89. The summed E-state index contributed by atoms with van der Waals surface area (Å²) in [5, 5.41) is 0. The highest BCUT2D eigenvalue weighted by atomic mass is 16.5. The van der Waals surface area contributed by atoms with Gasteiger partial charge in [0.2, 0.25) is 0 Å². The minimum Gasteiger partial charge on any atom is -0.465 e. The molecule has 4 aromatic rings. The summed E-state index contributed by atoms with van der Waals surface area (Å²) in [6.45, 7) is 2.28. The van der Waals surface area contributed by atoms with Crippen molar-refractivity contribution >= 4 is 17.1 Å². The van der Waals surface area contributed by atoms with Crippen molar-refractivity contribution in [2.75, 3.05) is 7.11 Å². The van der Waals surface area contributed by atoms with Crippen LogP contribution in [0.5, 0.6) is 0 Å². The molecule has 0 radical (unpaired) electrons. The fourth-order valence-corrected chi connectivity index (χ4v) is 4.04. The zero-order chi connectivity index (χ0) is 22.4. The molecule has 162 valence electrons. The van der Waals surface area contributed by atoms with Gasteiger partial charge in [-0.2, -0.15) is 0 Å². The number of methoxy groups -OCH3 is 1. The van der Waals surface area contributed by atoms with Gasteiger partial charge in [0.05, 0.1) is 24.7 Å². The van der Waals surface area contributed by atoms with Crippen LogP contribution in [0.3, 0.4) is 0 Å². The Hall–Kier alpha value is -3.94. The van der Waals surface area contributed by atoms with E-state index in [1.54, 1.807) is 29.1 Å². The van der Waals surface area contributed by atoms with Crippen LogP contribution >= 0.6 is 0 Å². The second-order valence-corrected chi connectivity index (χ2v) is 8.10. The van der Waals surface area contributed by atoms with Gasteiger partial charge in [-0.3, -0.25) is 9.36 Å². The third-order valence-corrected chi connectivity index (χ3v) is 5.72. The molecule has 0 bridgehead atoms. The Balaban J connectivity index is 1.71. The summed E-state index contributed by atoms with van der Waals surface area (Å²) in [6, 6.07) is 14.5. The van der Waals surface area contributed by atoms with Crippen LogP contribution in [-0.4, -0.2) is 31.8 Å². The summed E-state index contributed by atoms with van der Waals surface area (Å²) in [4.78, 5) is 43.1. The van der Waals surface area contributed by atoms with Crippen molar-refractivity contribution in [2.24, 2.45) is 0 Å². The SMILES string of the molecule is COC(=O)c1cccc(Cn2cnc3c2c(=O)n(C2CC2)c(=O)n3-c2cccc(C)c2)c1. The molecule has 8 nitrogen and oxygen atoms in total. The molecule has 32 heavy (non-hydrogen) atoms. The predicted octanol–water partition coefficient (Wildman–Crippen LogP) is 2.83. The Labute approximate surface area is 183 Å². The fourth-order valence-electron chi connectivity index (χ4n) is 4.04. The number of aromatic nitrogens is 4. The van der Waals surface area contributed by atoms with Gasteiger partial charge in [-0.15, -0.1) is 0 Å². The van der Waals surface area contributed by atoms with Crippen LogP contribution in [0, 0.1) is 6.92 Å². The van der Waals surface area contributed by atoms with Gasteiger partial charge in [0.15, 0.2) is 11.2 Å². The Morgan fingerprint density at radius 3 is 2.62 bits per heavy atom. The number of rotatable bonds is 5. The summed E-state index contributed by atoms with van der Waals surface area (Å²) in [5.41, 5.74) is 2.91. The van der Waals surface area contributed by atoms with Crippen LogP contribution in [0.2, 0.25) is 0 Å². The van der Waals surface area contributed by atoms with E-state index in [2.05, 4.69) is 4.98 Å². The first-order chi connectivity index (χ1) is 15.5. The Morgan fingerprint density at radius 2 is 1.91 bits per heavy atom. The van der Waals surface area contributed by atoms with E-state index in [9.17, 15) is 14.4 Å². The number of carbonyl (C=O) groups is 1. The van der Waals surface area contributed by atoms with Crippen molar-refractivity contribution in [3.63, 3.8) is 0 Å². The fraction of sp³-hybridized carbons (Fsp3) is 0.250. The van der Waals surface area contributed by atoms with Gasteiger partial charge >= 0.3 is 11.7 Å². The van der Waals surface area contributed by atoms with Gasteiger partial charge in [0.1, 0.15) is 0 Å². The predicted molar refractivity (Wildman–Crippen MR) is 119 cm³/mol. The molecule has 1 aliphatic rings. The number of carbonyl (C=O) groups excluding carboxylic acids is 1. The summed E-state index contributed by atoms with van der Waals surface area (Å²) in [6.07, 6.45) is 3.19. The molecule has 0 N–H and O–H groups in total. The van der Waals surface area contributed by atoms with Gasteiger partial charge in [0, 0.05) is 12.6 Å². The second-order valence-electron chi connectivity index (χ2n) is 8.10. The molecule has 5 rings (SSSR count). The zero-order valence-corrected chi connectivity index (χ0v) is 17.8. The number of esters is 1. The Morgan fingerprint density at radius 1 is 1.12 bits per heavy atom. The average molecular weight is 430 g/mol. The molecule has 0 atom stereocenters. The Kier molecular flexibility index (Phi) is 4.77. The summed E-state index contributed by atoms with van der Waals surface area (Å²) >= 11 is 0. The molecule has 1 fully saturated rings. The quantitative estimate of drug-likeness (QED) is 0.455. The number of imidazole rings is 1. The lowest BCUT2D eigenvalue weighted by molar-refractivity contribution is 0.0600. The lowest BCUT2D eigenvalue weighted by Gasteiger charge is -2.13. The normalized spacial score (nSPS) is 13.4. The van der Waals surface area contributed by atoms with Crippen LogP contribution in [0.15, 0.2) is 64.4 Å². The number of nitrogens with zero attached hydrogens (tertiary/aromatic N) is 4. The zero-order valence-electron chi connectivity index (χ0n) is 17.8. The molecule has 0 unspecified atom stereocenters. The van der Waals surface area contributed by atoms with Crippen molar-refractivity contribution in [3.05, 3.63) is 92.4 Å². The van der Waals surface area contributed by atoms with Gasteiger partial charge in [0.25, 0.3) is 5.56 Å². The summed E-state index contributed by atoms with van der Waals surface area (Å²) in [5.74, 6) is -0.424. The molecule has 1 aliphatic carbocycles. The van der Waals surface area contributed by atoms with Crippen LogP contribution in [0.1, 0.15) is 40.4 Å². The van der Waals surface area contributed by atoms with Gasteiger partial charge in [-0.05, 0) is 55.2 Å². The van der Waals surface area contributed by atoms with Crippen molar-refractivity contribution < 1.29 is 9.53 Å². The third kappa shape index (κ3) is 3.33. The minimum atomic E-state index is -0.424. The minimum absolute atomic E-state index is 0.0820. The first kappa shape index (κ1) is 20.0. The first-order valence-corrected chi connectivity index (χ1v) is 10.4. The van der Waals surface area contributed by atoms with Crippen molar-refractivity contribution in [3.8, 4) is 5.69 Å². The van der Waals surface area contributed by atoms with Crippen LogP contribution in [0.25, 0.3) is 16.9 Å². The third-order valence-electron chi connectivity index (χ3n) is 5.72. The number of fused-ring (bicyclic) bond motifs is 1. The molecule has 2 aromatic heterocycles. The smallest absolute Gasteiger partial charge is 0.337 e. The summed E-state index contributed by atoms with van der Waals surface area (Å²) in [7, 11) is 1.34. The lowest BCUT2D eigenvalue weighted by Crippen LogP contribution is -2.39. The van der Waals surface area contributed by atoms with Crippen molar-refractivity contribution in [2.45, 2.75) is 32.4 Å². The maximum Gasteiger partial charge on any atom is 0.337 e. The van der Waals surface area contributed by atoms with Gasteiger partial charge < -0.3 is 9.30 Å². The average Bonchev–Trinajstić information content (AvgIpc) is 3.53. The Bertz CT molecular complexity index is 1470. The number of ether oxygens (including phenoxy) is 1. The molecular weight excluding hydrogens is 408 g/mol. The molecular formula is C24H22N4O4. The highest BCUT2D eigenvalue weighted by Crippen LogP contribution is 2.32. The van der Waals surface area contributed by atoms with E-state index in [1.807, 2.05) is 37.3 Å². The second kappa shape index (κ2) is 7.64. The number of aryl methyl sites for hydroxylation is 1. The maximum atomic E-state index is 13.4. The van der Waals surface area contributed by atoms with E-state index in [-0.39, 0.29) is 17.3 Å². The molecule has 2 aromatic carbocycles. The molecule has 0 aliphatic heterocycles. The maximum absolute atomic E-state index is 13.4. The molecule has 0 amide bonds. The molecule has 0 spiro atoms. The topological polar surface area (TPSA) is 88.1 Å². The van der Waals surface area contributed by atoms with Crippen LogP contribution in [0.4, 0.5) is 0 Å². The van der Waals surface area contributed by atoms with Crippen LogP contribution < -0.4 is 11.2 Å². The van der Waals surface area contributed by atoms with Crippen molar-refractivity contribution in [1.29, 1.82) is 0 Å². The highest BCUT2D eigenvalue weighted by Gasteiger charge is 2.30. The van der Waals surface area contributed by atoms with E-state index >= 15 is 0 Å². The van der Waals surface area contributed by atoms with E-state index < -0.39 is 5.97 Å². The van der Waals surface area contributed by atoms with Gasteiger partial charge in [-0.1, -0.05) is 24.3 Å². The van der Waals surface area contributed by atoms with Crippen LogP contribution in [-0.2, 0) is 11.3 Å². The monoisotopic (exact) mass is 430 g/mol. The first-order valence-electron chi connectivity index (χ1n) is 10.4. The molecule has 1 saturated carbocycles. The van der Waals surface area contributed by atoms with E-state index in [0.29, 0.717) is 29.0 Å². The number of benzene rings is 2. The van der Waals surface area contributed by atoms with E-state index in [0.717, 1.165) is 24.0 Å². The number of hydrogen-bond donors (Lipinski definition) is 0. The molecule has 8 heteroatoms. The van der Waals surface area contributed by atoms with E-state index in [1.165, 1.54) is 16.2 Å². The van der Waals surface area contributed by atoms with Gasteiger partial charge in [-0.25, -0.2) is 19.1 Å². The molecule has 2 heterocycles. The van der Waals surface area contributed by atoms with E-state index in [4.69, 9.17) is 4.74 Å². The summed E-state index contributed by atoms with van der Waals surface area (Å²) < 4.78 is 9.41. The largest absolute Gasteiger partial charge is 0.465 e.